The van der Waals surface area contributed by atoms with E-state index in [2.05, 4.69) is 15.6 Å². The maximum Gasteiger partial charge on any atom is 0.257 e. The lowest BCUT2D eigenvalue weighted by atomic mass is 10.2. The van der Waals surface area contributed by atoms with E-state index in [0.29, 0.717) is 30.3 Å². The summed E-state index contributed by atoms with van der Waals surface area (Å²) in [4.78, 5) is 28.8. The molecule has 0 radical (unpaired) electrons. The Kier molecular flexibility index (Phi) is 8.19. The topological polar surface area (TPSA) is 80.3 Å². The molecule has 0 saturated carbocycles. The summed E-state index contributed by atoms with van der Waals surface area (Å²) in [5.41, 5.74) is 3.15. The quantitative estimate of drug-likeness (QED) is 0.314. The zero-order valence-electron chi connectivity index (χ0n) is 18.9. The van der Waals surface area contributed by atoms with Gasteiger partial charge in [-0.15, -0.1) is 11.3 Å². The van der Waals surface area contributed by atoms with E-state index >= 15 is 0 Å². The van der Waals surface area contributed by atoms with Crippen LogP contribution in [0.4, 0.5) is 9.52 Å². The third-order valence-corrected chi connectivity index (χ3v) is 5.95. The van der Waals surface area contributed by atoms with Gasteiger partial charge < -0.3 is 10.1 Å². The van der Waals surface area contributed by atoms with E-state index in [-0.39, 0.29) is 18.2 Å². The second-order valence-electron chi connectivity index (χ2n) is 7.80. The molecule has 0 atom stereocenters. The summed E-state index contributed by atoms with van der Waals surface area (Å²) in [6.07, 6.45) is 0.744. The summed E-state index contributed by atoms with van der Waals surface area (Å²) in [5.74, 6) is -0.0737. The lowest BCUT2D eigenvalue weighted by Crippen LogP contribution is -2.23. The Morgan fingerprint density at radius 3 is 2.40 bits per heavy atom. The van der Waals surface area contributed by atoms with E-state index < -0.39 is 5.82 Å². The van der Waals surface area contributed by atoms with Gasteiger partial charge in [0, 0.05) is 23.9 Å². The molecule has 0 spiro atoms. The average Bonchev–Trinajstić information content (AvgIpc) is 3.33. The molecular formula is C27H24FN3O3S. The van der Waals surface area contributed by atoms with Crippen molar-refractivity contribution in [1.29, 1.82) is 0 Å². The number of halogens is 1. The number of benzene rings is 3. The highest BCUT2D eigenvalue weighted by molar-refractivity contribution is 7.14. The fraction of sp³-hybridized carbons (Fsp3) is 0.148. The van der Waals surface area contributed by atoms with Crippen LogP contribution in [0.15, 0.2) is 84.2 Å². The lowest BCUT2D eigenvalue weighted by molar-refractivity contribution is -0.121. The number of nitrogens with one attached hydrogen (secondary N) is 2. The molecule has 1 heterocycles. The maximum absolute atomic E-state index is 13.0. The van der Waals surface area contributed by atoms with Crippen LogP contribution >= 0.6 is 11.3 Å². The molecule has 2 N–H and O–H groups in total. The molecule has 1 aromatic heterocycles. The molecule has 0 aliphatic carbocycles. The minimum absolute atomic E-state index is 0.0840. The Balaban J connectivity index is 1.17. The molecule has 0 bridgehead atoms. The first kappa shape index (κ1) is 24.1. The highest BCUT2D eigenvalue weighted by Gasteiger charge is 2.10. The largest absolute Gasteiger partial charge is 0.489 e. The molecule has 4 aromatic rings. The van der Waals surface area contributed by atoms with Gasteiger partial charge >= 0.3 is 0 Å². The van der Waals surface area contributed by atoms with Crippen molar-refractivity contribution in [2.75, 3.05) is 5.32 Å². The summed E-state index contributed by atoms with van der Waals surface area (Å²) in [6, 6.07) is 22.9. The van der Waals surface area contributed by atoms with Gasteiger partial charge in [0.05, 0.1) is 5.69 Å². The highest BCUT2D eigenvalue weighted by Crippen LogP contribution is 2.18. The second kappa shape index (κ2) is 11.9. The van der Waals surface area contributed by atoms with Crippen molar-refractivity contribution in [2.45, 2.75) is 26.0 Å². The van der Waals surface area contributed by atoms with E-state index in [9.17, 15) is 14.0 Å². The standard InChI is InChI=1S/C27H24FN3O3S/c28-22-10-8-21(9-11-22)26(33)31-27-30-23(18-35-27)12-15-25(32)29-16-19-6-13-24(14-7-19)34-17-20-4-2-1-3-5-20/h1-11,13-14,18H,12,15-17H2,(H,29,32)(H,30,31,33). The minimum atomic E-state index is -0.402. The smallest absolute Gasteiger partial charge is 0.257 e. The summed E-state index contributed by atoms with van der Waals surface area (Å²) in [7, 11) is 0. The number of nitrogens with zero attached hydrogens (tertiary/aromatic N) is 1. The number of carbonyl (C=O) groups excluding carboxylic acids is 2. The number of hydrogen-bond donors (Lipinski definition) is 2. The van der Waals surface area contributed by atoms with Crippen LogP contribution in [0.2, 0.25) is 0 Å². The number of thiazole rings is 1. The molecule has 6 nitrogen and oxygen atoms in total. The van der Waals surface area contributed by atoms with Crippen LogP contribution in [0.25, 0.3) is 0 Å². The van der Waals surface area contributed by atoms with Crippen LogP contribution in [-0.2, 0) is 24.4 Å². The molecule has 35 heavy (non-hydrogen) atoms. The van der Waals surface area contributed by atoms with Gasteiger partial charge in [0.1, 0.15) is 18.2 Å². The van der Waals surface area contributed by atoms with Crippen LogP contribution in [0.3, 0.4) is 0 Å². The first-order valence-electron chi connectivity index (χ1n) is 11.1. The predicted molar refractivity (Wildman–Crippen MR) is 134 cm³/mol. The van der Waals surface area contributed by atoms with Crippen molar-refractivity contribution >= 4 is 28.3 Å². The Labute approximate surface area is 206 Å². The van der Waals surface area contributed by atoms with Crippen LogP contribution < -0.4 is 15.4 Å². The Bertz CT molecular complexity index is 1260. The molecule has 8 heteroatoms. The molecule has 2 amide bonds. The third-order valence-electron chi connectivity index (χ3n) is 5.15. The number of amides is 2. The van der Waals surface area contributed by atoms with Crippen LogP contribution in [0.1, 0.15) is 33.6 Å². The number of carbonyl (C=O) groups is 2. The van der Waals surface area contributed by atoms with Crippen LogP contribution in [-0.4, -0.2) is 16.8 Å². The summed E-state index contributed by atoms with van der Waals surface area (Å²) in [6.45, 7) is 0.930. The summed E-state index contributed by atoms with van der Waals surface area (Å²) in [5, 5.41) is 7.84. The fourth-order valence-electron chi connectivity index (χ4n) is 3.22. The third kappa shape index (κ3) is 7.48. The SMILES string of the molecule is O=C(CCc1csc(NC(=O)c2ccc(F)cc2)n1)NCc1ccc(OCc2ccccc2)cc1. The van der Waals surface area contributed by atoms with E-state index in [4.69, 9.17) is 4.74 Å². The van der Waals surface area contributed by atoms with Gasteiger partial charge in [-0.3, -0.25) is 14.9 Å². The van der Waals surface area contributed by atoms with Gasteiger partial charge in [0.25, 0.3) is 5.91 Å². The summed E-state index contributed by atoms with van der Waals surface area (Å²) >= 11 is 1.28. The Morgan fingerprint density at radius 2 is 1.66 bits per heavy atom. The van der Waals surface area contributed by atoms with Crippen molar-refractivity contribution in [3.05, 3.63) is 112 Å². The maximum atomic E-state index is 13.0. The van der Waals surface area contributed by atoms with Crippen molar-refractivity contribution in [1.82, 2.24) is 10.3 Å². The second-order valence-corrected chi connectivity index (χ2v) is 8.66. The normalized spacial score (nSPS) is 10.5. The van der Waals surface area contributed by atoms with Crippen molar-refractivity contribution < 1.29 is 18.7 Å². The Hall–Kier alpha value is -4.04. The van der Waals surface area contributed by atoms with Crippen LogP contribution in [0, 0.1) is 5.82 Å². The Morgan fingerprint density at radius 1 is 0.914 bits per heavy atom. The number of hydrogen-bond acceptors (Lipinski definition) is 5. The zero-order chi connectivity index (χ0) is 24.5. The molecule has 0 unspecified atom stereocenters. The molecule has 3 aromatic carbocycles. The van der Waals surface area contributed by atoms with Crippen molar-refractivity contribution in [3.63, 3.8) is 0 Å². The van der Waals surface area contributed by atoms with Crippen LogP contribution in [0.5, 0.6) is 5.75 Å². The number of anilines is 1. The predicted octanol–water partition coefficient (Wildman–Crippen LogP) is 5.36. The minimum Gasteiger partial charge on any atom is -0.489 e. The lowest BCUT2D eigenvalue weighted by Gasteiger charge is -2.08. The highest BCUT2D eigenvalue weighted by atomic mass is 32.1. The average molecular weight is 490 g/mol. The van der Waals surface area contributed by atoms with Gasteiger partial charge in [-0.1, -0.05) is 42.5 Å². The van der Waals surface area contributed by atoms with E-state index in [1.165, 1.54) is 35.6 Å². The first-order chi connectivity index (χ1) is 17.0. The summed E-state index contributed by atoms with van der Waals surface area (Å²) < 4.78 is 18.8. The van der Waals surface area contributed by atoms with Crippen molar-refractivity contribution in [2.24, 2.45) is 0 Å². The molecule has 0 fully saturated rings. The van der Waals surface area contributed by atoms with E-state index in [0.717, 1.165) is 22.6 Å². The van der Waals surface area contributed by atoms with Gasteiger partial charge in [0.2, 0.25) is 5.91 Å². The van der Waals surface area contributed by atoms with E-state index in [1.807, 2.05) is 60.0 Å². The zero-order valence-corrected chi connectivity index (χ0v) is 19.7. The molecule has 178 valence electrons. The number of aryl methyl sites for hydroxylation is 1. The fourth-order valence-corrected chi connectivity index (χ4v) is 3.96. The molecule has 0 aliphatic rings. The van der Waals surface area contributed by atoms with E-state index in [1.54, 1.807) is 0 Å². The number of ether oxygens (including phenoxy) is 1. The van der Waals surface area contributed by atoms with Gasteiger partial charge in [-0.25, -0.2) is 9.37 Å². The first-order valence-corrected chi connectivity index (χ1v) is 12.0. The van der Waals surface area contributed by atoms with Gasteiger partial charge in [0.15, 0.2) is 5.13 Å². The van der Waals surface area contributed by atoms with Gasteiger partial charge in [-0.2, -0.15) is 0 Å². The van der Waals surface area contributed by atoms with Gasteiger partial charge in [-0.05, 0) is 53.9 Å². The molecule has 0 aliphatic heterocycles. The molecule has 4 rings (SSSR count). The molecular weight excluding hydrogens is 465 g/mol. The monoisotopic (exact) mass is 489 g/mol. The number of aromatic nitrogens is 1. The van der Waals surface area contributed by atoms with Crippen molar-refractivity contribution in [3.8, 4) is 5.75 Å². The molecule has 0 saturated heterocycles. The number of rotatable bonds is 10.